The topological polar surface area (TPSA) is 89.8 Å². The molecule has 0 saturated carbocycles. The number of benzene rings is 2. The number of carbonyl (C=O) groups is 2. The van der Waals surface area contributed by atoms with Crippen molar-refractivity contribution in [3.8, 4) is 0 Å². The summed E-state index contributed by atoms with van der Waals surface area (Å²) >= 11 is 0. The normalized spacial score (nSPS) is 16.2. The number of rotatable bonds is 7. The minimum absolute atomic E-state index is 0.205. The molecule has 2 N–H and O–H groups in total. The van der Waals surface area contributed by atoms with Crippen LogP contribution in [0.3, 0.4) is 0 Å². The third-order valence-corrected chi connectivity index (χ3v) is 5.41. The zero-order valence-electron chi connectivity index (χ0n) is 20.1. The summed E-state index contributed by atoms with van der Waals surface area (Å²) in [6.07, 6.45) is 4.77. The molecular formula is C28H28N2O5. The van der Waals surface area contributed by atoms with Gasteiger partial charge in [0.25, 0.3) is 5.79 Å². The number of hydrogen-bond donors (Lipinski definition) is 2. The van der Waals surface area contributed by atoms with E-state index in [1.807, 2.05) is 68.4 Å². The molecule has 2 aromatic carbocycles. The number of esters is 2. The molecule has 3 aromatic rings. The van der Waals surface area contributed by atoms with Crippen molar-refractivity contribution in [2.45, 2.75) is 39.5 Å². The first-order valence-corrected chi connectivity index (χ1v) is 11.3. The van der Waals surface area contributed by atoms with Gasteiger partial charge in [-0.2, -0.15) is 0 Å². The quantitative estimate of drug-likeness (QED) is 0.255. The standard InChI is InChI=1S/C28H28N2O5/c1-18-7-11-21(12-8-18)29-17-20(16-23-26(31)34-28(3,4)35-27(23)32)25(24-6-5-15-33-24)30-22-13-9-19(2)10-14-22/h5-17,25,29-30H,1-4H3. The van der Waals surface area contributed by atoms with Gasteiger partial charge in [0, 0.05) is 31.4 Å². The van der Waals surface area contributed by atoms with Crippen LogP contribution in [0, 0.1) is 13.8 Å². The molecule has 180 valence electrons. The van der Waals surface area contributed by atoms with Crippen molar-refractivity contribution in [2.75, 3.05) is 10.6 Å². The predicted molar refractivity (Wildman–Crippen MR) is 133 cm³/mol. The minimum atomic E-state index is -1.32. The lowest BCUT2D eigenvalue weighted by atomic mass is 10.0. The van der Waals surface area contributed by atoms with Gasteiger partial charge in [-0.3, -0.25) is 0 Å². The molecule has 0 radical (unpaired) electrons. The molecule has 0 bridgehead atoms. The summed E-state index contributed by atoms with van der Waals surface area (Å²) in [4.78, 5) is 25.4. The van der Waals surface area contributed by atoms with E-state index in [9.17, 15) is 9.59 Å². The minimum Gasteiger partial charge on any atom is -0.467 e. The lowest BCUT2D eigenvalue weighted by Gasteiger charge is -2.30. The highest BCUT2D eigenvalue weighted by Crippen LogP contribution is 2.31. The van der Waals surface area contributed by atoms with E-state index in [0.717, 1.165) is 22.5 Å². The summed E-state index contributed by atoms with van der Waals surface area (Å²) in [5.41, 5.74) is 4.29. The second-order valence-electron chi connectivity index (χ2n) is 8.85. The third-order valence-electron chi connectivity index (χ3n) is 5.41. The summed E-state index contributed by atoms with van der Waals surface area (Å²) in [6.45, 7) is 7.05. The fourth-order valence-electron chi connectivity index (χ4n) is 3.56. The Balaban J connectivity index is 1.76. The summed E-state index contributed by atoms with van der Waals surface area (Å²) in [6, 6.07) is 18.8. The summed E-state index contributed by atoms with van der Waals surface area (Å²) in [5, 5.41) is 6.69. The van der Waals surface area contributed by atoms with Crippen LogP contribution in [0.25, 0.3) is 0 Å². The molecule has 1 aliphatic heterocycles. The zero-order valence-corrected chi connectivity index (χ0v) is 20.1. The molecule has 7 heteroatoms. The van der Waals surface area contributed by atoms with Crippen LogP contribution in [-0.2, 0) is 19.1 Å². The molecule has 4 rings (SSSR count). The van der Waals surface area contributed by atoms with E-state index in [2.05, 4.69) is 10.6 Å². The molecule has 1 saturated heterocycles. The Morgan fingerprint density at radius 1 is 0.857 bits per heavy atom. The highest BCUT2D eigenvalue weighted by atomic mass is 16.7. The van der Waals surface area contributed by atoms with Gasteiger partial charge in [0.1, 0.15) is 17.4 Å². The van der Waals surface area contributed by atoms with Crippen LogP contribution in [0.15, 0.2) is 94.8 Å². The van der Waals surface area contributed by atoms with Crippen molar-refractivity contribution >= 4 is 23.3 Å². The molecule has 2 heterocycles. The molecule has 1 aliphatic rings. The van der Waals surface area contributed by atoms with E-state index in [1.54, 1.807) is 18.5 Å². The maximum atomic E-state index is 12.7. The first kappa shape index (κ1) is 23.9. The lowest BCUT2D eigenvalue weighted by Crippen LogP contribution is -2.42. The van der Waals surface area contributed by atoms with Gasteiger partial charge < -0.3 is 24.5 Å². The van der Waals surface area contributed by atoms with Gasteiger partial charge >= 0.3 is 11.9 Å². The molecule has 0 amide bonds. The Labute approximate surface area is 204 Å². The Morgan fingerprint density at radius 2 is 1.43 bits per heavy atom. The summed E-state index contributed by atoms with van der Waals surface area (Å²) < 4.78 is 16.3. The largest absolute Gasteiger partial charge is 0.467 e. The number of anilines is 2. The van der Waals surface area contributed by atoms with Gasteiger partial charge in [-0.05, 0) is 61.9 Å². The molecule has 1 atom stereocenters. The van der Waals surface area contributed by atoms with Crippen LogP contribution in [0.1, 0.15) is 36.8 Å². The second-order valence-corrected chi connectivity index (χ2v) is 8.85. The monoisotopic (exact) mass is 472 g/mol. The Kier molecular flexibility index (Phi) is 6.78. The van der Waals surface area contributed by atoms with Gasteiger partial charge in [-0.15, -0.1) is 0 Å². The predicted octanol–water partition coefficient (Wildman–Crippen LogP) is 5.81. The van der Waals surface area contributed by atoms with Crippen LogP contribution in [0.4, 0.5) is 11.4 Å². The molecule has 0 aliphatic carbocycles. The van der Waals surface area contributed by atoms with E-state index in [-0.39, 0.29) is 5.57 Å². The van der Waals surface area contributed by atoms with Crippen molar-refractivity contribution in [1.29, 1.82) is 0 Å². The average molecular weight is 473 g/mol. The SMILES string of the molecule is Cc1ccc(NC=C(C=C2C(=O)OC(C)(C)OC2=O)C(Nc2ccc(C)cc2)c2ccco2)cc1. The Morgan fingerprint density at radius 3 is 1.97 bits per heavy atom. The Hall–Kier alpha value is -4.26. The molecule has 7 nitrogen and oxygen atoms in total. The highest BCUT2D eigenvalue weighted by Gasteiger charge is 2.39. The number of aryl methyl sites for hydroxylation is 2. The van der Waals surface area contributed by atoms with Crippen LogP contribution in [-0.4, -0.2) is 17.7 Å². The maximum absolute atomic E-state index is 12.7. The van der Waals surface area contributed by atoms with E-state index in [0.29, 0.717) is 11.3 Å². The van der Waals surface area contributed by atoms with Gasteiger partial charge in [0.15, 0.2) is 0 Å². The van der Waals surface area contributed by atoms with Crippen molar-refractivity contribution in [1.82, 2.24) is 0 Å². The maximum Gasteiger partial charge on any atom is 0.348 e. The van der Waals surface area contributed by atoms with E-state index in [4.69, 9.17) is 13.9 Å². The number of cyclic esters (lactones) is 2. The summed E-state index contributed by atoms with van der Waals surface area (Å²) in [5.74, 6) is -2.23. The van der Waals surface area contributed by atoms with Crippen molar-refractivity contribution in [3.63, 3.8) is 0 Å². The smallest absolute Gasteiger partial charge is 0.348 e. The summed E-state index contributed by atoms with van der Waals surface area (Å²) in [7, 11) is 0. The first-order valence-electron chi connectivity index (χ1n) is 11.3. The van der Waals surface area contributed by atoms with Crippen LogP contribution < -0.4 is 10.6 Å². The molecule has 1 unspecified atom stereocenters. The lowest BCUT2D eigenvalue weighted by molar-refractivity contribution is -0.222. The first-order chi connectivity index (χ1) is 16.7. The zero-order chi connectivity index (χ0) is 25.0. The van der Waals surface area contributed by atoms with Gasteiger partial charge in [0.05, 0.1) is 6.26 Å². The number of hydrogen-bond acceptors (Lipinski definition) is 7. The second kappa shape index (κ2) is 9.93. The molecular weight excluding hydrogens is 444 g/mol. The van der Waals surface area contributed by atoms with Crippen LogP contribution >= 0.6 is 0 Å². The molecule has 0 spiro atoms. The fourth-order valence-corrected chi connectivity index (χ4v) is 3.56. The van der Waals surface area contributed by atoms with E-state index < -0.39 is 23.8 Å². The van der Waals surface area contributed by atoms with Gasteiger partial charge in [-0.25, -0.2) is 9.59 Å². The van der Waals surface area contributed by atoms with Gasteiger partial charge in [0.2, 0.25) is 0 Å². The van der Waals surface area contributed by atoms with Crippen LogP contribution in [0.5, 0.6) is 0 Å². The number of furan rings is 1. The van der Waals surface area contributed by atoms with Crippen molar-refractivity contribution in [3.05, 3.63) is 107 Å². The highest BCUT2D eigenvalue weighted by molar-refractivity contribution is 6.15. The van der Waals surface area contributed by atoms with Crippen LogP contribution in [0.2, 0.25) is 0 Å². The molecule has 1 fully saturated rings. The fraction of sp³-hybridized carbons (Fsp3) is 0.214. The Bertz CT molecular complexity index is 1230. The van der Waals surface area contributed by atoms with Crippen molar-refractivity contribution in [2.24, 2.45) is 0 Å². The van der Waals surface area contributed by atoms with E-state index >= 15 is 0 Å². The number of carbonyl (C=O) groups excluding carboxylic acids is 2. The third kappa shape index (κ3) is 6.00. The average Bonchev–Trinajstić information content (AvgIpc) is 3.33. The van der Waals surface area contributed by atoms with Gasteiger partial charge in [-0.1, -0.05) is 35.4 Å². The van der Waals surface area contributed by atoms with Crippen molar-refractivity contribution < 1.29 is 23.5 Å². The number of ether oxygens (including phenoxy) is 2. The molecule has 35 heavy (non-hydrogen) atoms. The molecule has 1 aromatic heterocycles. The number of nitrogens with one attached hydrogen (secondary N) is 2. The van der Waals surface area contributed by atoms with E-state index in [1.165, 1.54) is 19.9 Å².